The normalized spacial score (nSPS) is 17.6. The van der Waals surface area contributed by atoms with E-state index in [1.165, 1.54) is 0 Å². The van der Waals surface area contributed by atoms with Crippen LogP contribution in [0, 0.1) is 0 Å². The third-order valence-corrected chi connectivity index (χ3v) is 2.93. The summed E-state index contributed by atoms with van der Waals surface area (Å²) in [7, 11) is 0. The second-order valence-corrected chi connectivity index (χ2v) is 5.15. The topological polar surface area (TPSA) is 61.8 Å². The lowest BCUT2D eigenvalue weighted by Crippen LogP contribution is -2.61. The van der Waals surface area contributed by atoms with E-state index < -0.39 is 5.60 Å². The minimum absolute atomic E-state index is 0.0350. The molecular formula is C14H20N2O3. The molecule has 5 nitrogen and oxygen atoms in total. The molecule has 1 aliphatic heterocycles. The van der Waals surface area contributed by atoms with E-state index in [4.69, 9.17) is 4.74 Å². The first-order valence-electron chi connectivity index (χ1n) is 6.44. The van der Waals surface area contributed by atoms with Gasteiger partial charge in [-0.15, -0.1) is 0 Å². The molecule has 0 unspecified atom stereocenters. The summed E-state index contributed by atoms with van der Waals surface area (Å²) in [4.78, 5) is 13.5. The number of amides is 1. The standard InChI is InChI=1S/C14H20N2O3/c1-14(18)10-16(11-14)9-13(17)15-7-8-19-12-5-3-2-4-6-12/h2-6,18H,7-11H2,1H3,(H,15,17). The Kier molecular flexibility index (Phi) is 4.39. The van der Waals surface area contributed by atoms with Crippen LogP contribution >= 0.6 is 0 Å². The van der Waals surface area contributed by atoms with Crippen molar-refractivity contribution in [3.8, 4) is 5.75 Å². The second-order valence-electron chi connectivity index (χ2n) is 5.15. The molecule has 1 heterocycles. The summed E-state index contributed by atoms with van der Waals surface area (Å²) in [5.74, 6) is 0.766. The minimum Gasteiger partial charge on any atom is -0.492 e. The van der Waals surface area contributed by atoms with Crippen molar-refractivity contribution >= 4 is 5.91 Å². The van der Waals surface area contributed by atoms with Gasteiger partial charge in [0, 0.05) is 13.1 Å². The van der Waals surface area contributed by atoms with Crippen LogP contribution in [0.2, 0.25) is 0 Å². The van der Waals surface area contributed by atoms with Crippen molar-refractivity contribution in [2.75, 3.05) is 32.8 Å². The van der Waals surface area contributed by atoms with Gasteiger partial charge in [0.05, 0.1) is 18.7 Å². The number of carbonyl (C=O) groups excluding carboxylic acids is 1. The number of ether oxygens (including phenoxy) is 1. The minimum atomic E-state index is -0.628. The lowest BCUT2D eigenvalue weighted by Gasteiger charge is -2.43. The van der Waals surface area contributed by atoms with Crippen molar-refractivity contribution in [3.05, 3.63) is 30.3 Å². The fourth-order valence-electron chi connectivity index (χ4n) is 2.16. The zero-order chi connectivity index (χ0) is 13.7. The van der Waals surface area contributed by atoms with E-state index in [2.05, 4.69) is 5.32 Å². The first-order valence-corrected chi connectivity index (χ1v) is 6.44. The summed E-state index contributed by atoms with van der Waals surface area (Å²) in [5.41, 5.74) is -0.628. The van der Waals surface area contributed by atoms with Crippen molar-refractivity contribution in [2.24, 2.45) is 0 Å². The van der Waals surface area contributed by atoms with Crippen molar-refractivity contribution in [2.45, 2.75) is 12.5 Å². The van der Waals surface area contributed by atoms with E-state index >= 15 is 0 Å². The van der Waals surface area contributed by atoms with E-state index in [0.29, 0.717) is 32.8 Å². The lowest BCUT2D eigenvalue weighted by atomic mass is 9.97. The van der Waals surface area contributed by atoms with E-state index in [9.17, 15) is 9.90 Å². The molecule has 0 aromatic heterocycles. The van der Waals surface area contributed by atoms with Gasteiger partial charge in [0.1, 0.15) is 12.4 Å². The average Bonchev–Trinajstić information content (AvgIpc) is 2.34. The highest BCUT2D eigenvalue weighted by molar-refractivity contribution is 5.78. The number of hydrogen-bond donors (Lipinski definition) is 2. The van der Waals surface area contributed by atoms with Gasteiger partial charge in [0.2, 0.25) is 5.91 Å². The summed E-state index contributed by atoms with van der Waals surface area (Å²) < 4.78 is 5.47. The molecule has 104 valence electrons. The highest BCUT2D eigenvalue weighted by Gasteiger charge is 2.36. The van der Waals surface area contributed by atoms with Crippen molar-refractivity contribution < 1.29 is 14.6 Å². The zero-order valence-corrected chi connectivity index (χ0v) is 11.1. The predicted octanol–water partition coefficient (Wildman–Crippen LogP) is 0.248. The number of aliphatic hydroxyl groups is 1. The van der Waals surface area contributed by atoms with Crippen LogP contribution in [-0.2, 0) is 4.79 Å². The molecule has 0 spiro atoms. The zero-order valence-electron chi connectivity index (χ0n) is 11.1. The third-order valence-electron chi connectivity index (χ3n) is 2.93. The summed E-state index contributed by atoms with van der Waals surface area (Å²) >= 11 is 0. The Balaban J connectivity index is 1.55. The van der Waals surface area contributed by atoms with Crippen molar-refractivity contribution in [3.63, 3.8) is 0 Å². The van der Waals surface area contributed by atoms with E-state index in [1.807, 2.05) is 35.2 Å². The average molecular weight is 264 g/mol. The largest absolute Gasteiger partial charge is 0.492 e. The molecule has 1 fully saturated rings. The van der Waals surface area contributed by atoms with Crippen LogP contribution in [0.5, 0.6) is 5.75 Å². The number of para-hydroxylation sites is 1. The van der Waals surface area contributed by atoms with Crippen LogP contribution in [0.3, 0.4) is 0 Å². The lowest BCUT2D eigenvalue weighted by molar-refractivity contribution is -0.130. The first-order chi connectivity index (χ1) is 9.05. The Morgan fingerprint density at radius 1 is 1.42 bits per heavy atom. The SMILES string of the molecule is CC1(O)CN(CC(=O)NCCOc2ccccc2)C1. The number of nitrogens with zero attached hydrogens (tertiary/aromatic N) is 1. The van der Waals surface area contributed by atoms with E-state index in [0.717, 1.165) is 5.75 Å². The quantitative estimate of drug-likeness (QED) is 0.723. The third kappa shape index (κ3) is 4.54. The van der Waals surface area contributed by atoms with Gasteiger partial charge in [-0.05, 0) is 19.1 Å². The number of likely N-dealkylation sites (tertiary alicyclic amines) is 1. The fraction of sp³-hybridized carbons (Fsp3) is 0.500. The molecule has 1 aliphatic rings. The molecule has 1 aromatic carbocycles. The fourth-order valence-corrected chi connectivity index (χ4v) is 2.16. The number of β-amino-alcohol motifs (C(OH)–C–C–N with tert-alkyl or cyclic N) is 1. The van der Waals surface area contributed by atoms with Crippen LogP contribution in [-0.4, -0.2) is 54.3 Å². The van der Waals surface area contributed by atoms with E-state index in [-0.39, 0.29) is 5.91 Å². The Bertz CT molecular complexity index is 412. The van der Waals surface area contributed by atoms with Gasteiger partial charge in [-0.3, -0.25) is 9.69 Å². The Morgan fingerprint density at radius 2 is 2.11 bits per heavy atom. The molecule has 2 N–H and O–H groups in total. The van der Waals surface area contributed by atoms with Crippen molar-refractivity contribution in [1.29, 1.82) is 0 Å². The monoisotopic (exact) mass is 264 g/mol. The summed E-state index contributed by atoms with van der Waals surface area (Å²) in [5, 5.41) is 12.3. The molecule has 5 heteroatoms. The van der Waals surface area contributed by atoms with Gasteiger partial charge in [0.25, 0.3) is 0 Å². The molecule has 0 atom stereocenters. The van der Waals surface area contributed by atoms with Gasteiger partial charge in [0.15, 0.2) is 0 Å². The summed E-state index contributed by atoms with van der Waals surface area (Å²) in [6.07, 6.45) is 0. The molecule has 1 amide bonds. The number of hydrogen-bond acceptors (Lipinski definition) is 4. The maximum Gasteiger partial charge on any atom is 0.234 e. The summed E-state index contributed by atoms with van der Waals surface area (Å²) in [6.45, 7) is 4.16. The maximum atomic E-state index is 11.6. The van der Waals surface area contributed by atoms with Gasteiger partial charge >= 0.3 is 0 Å². The van der Waals surface area contributed by atoms with Gasteiger partial charge < -0.3 is 15.2 Å². The highest BCUT2D eigenvalue weighted by atomic mass is 16.5. The highest BCUT2D eigenvalue weighted by Crippen LogP contribution is 2.18. The number of carbonyl (C=O) groups is 1. The molecule has 0 saturated carbocycles. The Labute approximate surface area is 113 Å². The van der Waals surface area contributed by atoms with Crippen LogP contribution < -0.4 is 10.1 Å². The molecule has 0 aliphatic carbocycles. The van der Waals surface area contributed by atoms with Crippen LogP contribution in [0.15, 0.2) is 30.3 Å². The predicted molar refractivity (Wildman–Crippen MR) is 72.0 cm³/mol. The number of rotatable bonds is 6. The van der Waals surface area contributed by atoms with Gasteiger partial charge in [-0.1, -0.05) is 18.2 Å². The molecular weight excluding hydrogens is 244 g/mol. The van der Waals surface area contributed by atoms with Gasteiger partial charge in [-0.2, -0.15) is 0 Å². The first kappa shape index (κ1) is 13.8. The number of benzene rings is 1. The molecule has 19 heavy (non-hydrogen) atoms. The van der Waals surface area contributed by atoms with Crippen LogP contribution in [0.25, 0.3) is 0 Å². The van der Waals surface area contributed by atoms with Crippen LogP contribution in [0.1, 0.15) is 6.92 Å². The molecule has 0 bridgehead atoms. The molecule has 0 radical (unpaired) electrons. The molecule has 1 aromatic rings. The second kappa shape index (κ2) is 6.04. The summed E-state index contributed by atoms with van der Waals surface area (Å²) in [6, 6.07) is 9.50. The smallest absolute Gasteiger partial charge is 0.234 e. The van der Waals surface area contributed by atoms with Gasteiger partial charge in [-0.25, -0.2) is 0 Å². The molecule has 1 saturated heterocycles. The van der Waals surface area contributed by atoms with Crippen LogP contribution in [0.4, 0.5) is 0 Å². The number of nitrogens with one attached hydrogen (secondary N) is 1. The Morgan fingerprint density at radius 3 is 2.74 bits per heavy atom. The van der Waals surface area contributed by atoms with E-state index in [1.54, 1.807) is 6.92 Å². The molecule has 2 rings (SSSR count). The Hall–Kier alpha value is -1.59. The maximum absolute atomic E-state index is 11.6. The van der Waals surface area contributed by atoms with Crippen molar-refractivity contribution in [1.82, 2.24) is 10.2 Å².